The number of Topliss-reactive ketones (excluding diaryl/α,β-unsaturated/α-hetero) is 1. The molecule has 4 amide bonds. The number of urea groups is 1. The molecule has 0 aromatic heterocycles. The minimum absolute atomic E-state index is 0.0874. The predicted octanol–water partition coefficient (Wildman–Crippen LogP) is 1.94. The van der Waals surface area contributed by atoms with Crippen molar-refractivity contribution in [1.82, 2.24) is 16.0 Å². The molecular weight excluding hydrogens is 428 g/mol. The van der Waals surface area contributed by atoms with Gasteiger partial charge in [-0.15, -0.1) is 0 Å². The van der Waals surface area contributed by atoms with Gasteiger partial charge in [-0.2, -0.15) is 0 Å². The van der Waals surface area contributed by atoms with Crippen LogP contribution in [-0.2, 0) is 23.9 Å². The quantitative estimate of drug-likeness (QED) is 0.188. The zero-order valence-corrected chi connectivity index (χ0v) is 20.8. The van der Waals surface area contributed by atoms with E-state index in [0.717, 1.165) is 12.8 Å². The van der Waals surface area contributed by atoms with Crippen molar-refractivity contribution in [3.8, 4) is 0 Å². The monoisotopic (exact) mass is 470 g/mol. The average Bonchev–Trinajstić information content (AvgIpc) is 2.72. The molecule has 0 bridgehead atoms. The van der Waals surface area contributed by atoms with Crippen molar-refractivity contribution >= 4 is 29.6 Å². The Morgan fingerprint density at radius 2 is 1.58 bits per heavy atom. The van der Waals surface area contributed by atoms with Gasteiger partial charge in [-0.1, -0.05) is 13.8 Å². The Kier molecular flexibility index (Phi) is 14.8. The van der Waals surface area contributed by atoms with Crippen molar-refractivity contribution in [3.05, 3.63) is 0 Å². The first kappa shape index (κ1) is 30.4. The van der Waals surface area contributed by atoms with E-state index in [-0.39, 0.29) is 36.5 Å². The Labute approximate surface area is 197 Å². The molecule has 190 valence electrons. The minimum Gasteiger partial charge on any atom is -0.459 e. The van der Waals surface area contributed by atoms with Gasteiger partial charge in [-0.05, 0) is 65.7 Å². The van der Waals surface area contributed by atoms with Crippen LogP contribution in [0.4, 0.5) is 4.79 Å². The number of nitrogens with one attached hydrogen (secondary N) is 3. The molecule has 1 unspecified atom stereocenters. The fraction of sp³-hybridized carbons (Fsp3) is 0.783. The van der Waals surface area contributed by atoms with Gasteiger partial charge in [0, 0.05) is 13.0 Å². The van der Waals surface area contributed by atoms with Gasteiger partial charge in [0.2, 0.25) is 11.8 Å². The first-order chi connectivity index (χ1) is 15.4. The maximum absolute atomic E-state index is 12.2. The largest absolute Gasteiger partial charge is 0.459 e. The lowest BCUT2D eigenvalue weighted by Gasteiger charge is -2.27. The summed E-state index contributed by atoms with van der Waals surface area (Å²) >= 11 is 0. The maximum Gasteiger partial charge on any atom is 0.312 e. The van der Waals surface area contributed by atoms with Gasteiger partial charge in [0.25, 0.3) is 0 Å². The molecule has 0 aromatic carbocycles. The second-order valence-corrected chi connectivity index (χ2v) is 8.84. The highest BCUT2D eigenvalue weighted by Crippen LogP contribution is 2.22. The van der Waals surface area contributed by atoms with E-state index in [1.807, 2.05) is 27.7 Å². The number of hydrogen-bond donors (Lipinski definition) is 4. The van der Waals surface area contributed by atoms with Crippen LogP contribution < -0.4 is 21.7 Å². The standard InChI is InChI=1S/C23H42N4O6/c1-6-17(7-2)21(31)33-23(4,5)13-9-8-12-19(29)26-15-20(30)27-18(16(3)28)11-10-14-25-22(24)32/h17-18H,6-15H2,1-5H3,(H,26,29)(H,27,30)(H3,24,25,32). The van der Waals surface area contributed by atoms with Crippen LogP contribution in [0.2, 0.25) is 0 Å². The van der Waals surface area contributed by atoms with Crippen molar-refractivity contribution < 1.29 is 28.7 Å². The predicted molar refractivity (Wildman–Crippen MR) is 125 cm³/mol. The van der Waals surface area contributed by atoms with Crippen molar-refractivity contribution in [3.63, 3.8) is 0 Å². The zero-order valence-electron chi connectivity index (χ0n) is 20.8. The Bertz CT molecular complexity index is 661. The summed E-state index contributed by atoms with van der Waals surface area (Å²) in [6, 6.07) is -1.33. The summed E-state index contributed by atoms with van der Waals surface area (Å²) in [6.45, 7) is 9.12. The number of rotatable bonds is 17. The maximum atomic E-state index is 12.2. The fourth-order valence-corrected chi connectivity index (χ4v) is 3.27. The van der Waals surface area contributed by atoms with Crippen molar-refractivity contribution in [2.75, 3.05) is 13.1 Å². The van der Waals surface area contributed by atoms with Crippen molar-refractivity contribution in [2.45, 2.75) is 97.6 Å². The molecule has 0 spiro atoms. The number of ketones is 1. The highest BCUT2D eigenvalue weighted by Gasteiger charge is 2.26. The van der Waals surface area contributed by atoms with Crippen LogP contribution in [0.3, 0.4) is 0 Å². The number of hydrogen-bond acceptors (Lipinski definition) is 6. The first-order valence-electron chi connectivity index (χ1n) is 11.7. The third-order valence-electron chi connectivity index (χ3n) is 5.37. The average molecular weight is 471 g/mol. The molecule has 0 radical (unpaired) electrons. The molecule has 10 heteroatoms. The Balaban J connectivity index is 4.19. The fourth-order valence-electron chi connectivity index (χ4n) is 3.27. The van der Waals surface area contributed by atoms with E-state index in [2.05, 4.69) is 16.0 Å². The highest BCUT2D eigenvalue weighted by molar-refractivity contribution is 5.90. The number of nitrogens with two attached hydrogens (primary N) is 1. The molecule has 0 fully saturated rings. The highest BCUT2D eigenvalue weighted by atomic mass is 16.6. The van der Waals surface area contributed by atoms with Crippen molar-refractivity contribution in [2.24, 2.45) is 11.7 Å². The molecule has 33 heavy (non-hydrogen) atoms. The first-order valence-corrected chi connectivity index (χ1v) is 11.7. The summed E-state index contributed by atoms with van der Waals surface area (Å²) in [5, 5.41) is 7.56. The molecule has 5 N–H and O–H groups in total. The zero-order chi connectivity index (χ0) is 25.4. The van der Waals surface area contributed by atoms with Gasteiger partial charge in [-0.3, -0.25) is 19.2 Å². The number of carbonyl (C=O) groups is 5. The lowest BCUT2D eigenvalue weighted by Crippen LogP contribution is -2.45. The number of carbonyl (C=O) groups excluding carboxylic acids is 5. The number of primary amides is 1. The van der Waals surface area contributed by atoms with E-state index in [9.17, 15) is 24.0 Å². The lowest BCUT2D eigenvalue weighted by atomic mass is 9.98. The van der Waals surface area contributed by atoms with Crippen LogP contribution in [0.5, 0.6) is 0 Å². The smallest absolute Gasteiger partial charge is 0.312 e. The number of unbranched alkanes of at least 4 members (excludes halogenated alkanes) is 1. The van der Waals surface area contributed by atoms with Gasteiger partial charge in [0.1, 0.15) is 5.60 Å². The van der Waals surface area contributed by atoms with Crippen LogP contribution in [0.1, 0.15) is 86.0 Å². The summed E-state index contributed by atoms with van der Waals surface area (Å²) < 4.78 is 5.62. The Hall–Kier alpha value is -2.65. The summed E-state index contributed by atoms with van der Waals surface area (Å²) in [7, 11) is 0. The number of amides is 4. The third-order valence-corrected chi connectivity index (χ3v) is 5.37. The summed E-state index contributed by atoms with van der Waals surface area (Å²) in [4.78, 5) is 58.6. The molecule has 0 saturated heterocycles. The van der Waals surface area contributed by atoms with E-state index in [1.54, 1.807) is 0 Å². The molecule has 0 heterocycles. The van der Waals surface area contributed by atoms with Gasteiger partial charge >= 0.3 is 12.0 Å². The van der Waals surface area contributed by atoms with Crippen LogP contribution in [-0.4, -0.2) is 54.3 Å². The van der Waals surface area contributed by atoms with Crippen LogP contribution in [0, 0.1) is 5.92 Å². The Morgan fingerprint density at radius 1 is 0.939 bits per heavy atom. The summed E-state index contributed by atoms with van der Waals surface area (Å²) in [6.07, 6.45) is 4.51. The van der Waals surface area contributed by atoms with E-state index in [1.165, 1.54) is 6.92 Å². The lowest BCUT2D eigenvalue weighted by molar-refractivity contribution is -0.162. The van der Waals surface area contributed by atoms with E-state index < -0.39 is 23.6 Å². The molecule has 1 atom stereocenters. The topological polar surface area (TPSA) is 157 Å². The van der Waals surface area contributed by atoms with Gasteiger partial charge in [0.05, 0.1) is 18.5 Å². The molecule has 0 aliphatic carbocycles. The van der Waals surface area contributed by atoms with E-state index in [4.69, 9.17) is 10.5 Å². The third kappa shape index (κ3) is 14.9. The van der Waals surface area contributed by atoms with Gasteiger partial charge in [0.15, 0.2) is 5.78 Å². The summed E-state index contributed by atoms with van der Waals surface area (Å²) in [5.41, 5.74) is 4.38. The van der Waals surface area contributed by atoms with Crippen LogP contribution in [0.25, 0.3) is 0 Å². The molecule has 0 saturated carbocycles. The van der Waals surface area contributed by atoms with Crippen molar-refractivity contribution in [1.29, 1.82) is 0 Å². The second kappa shape index (κ2) is 16.0. The minimum atomic E-state index is -0.686. The number of esters is 1. The number of ether oxygens (including phenoxy) is 1. The molecule has 0 rings (SSSR count). The normalized spacial score (nSPS) is 12.1. The van der Waals surface area contributed by atoms with E-state index in [0.29, 0.717) is 38.6 Å². The van der Waals surface area contributed by atoms with Gasteiger partial charge in [-0.25, -0.2) is 4.79 Å². The van der Waals surface area contributed by atoms with E-state index >= 15 is 0 Å². The van der Waals surface area contributed by atoms with Crippen LogP contribution >= 0.6 is 0 Å². The van der Waals surface area contributed by atoms with Gasteiger partial charge < -0.3 is 26.4 Å². The summed E-state index contributed by atoms with van der Waals surface area (Å²) in [5.74, 6) is -1.19. The molecule has 10 nitrogen and oxygen atoms in total. The molecule has 0 aliphatic rings. The SMILES string of the molecule is CCC(CC)C(=O)OC(C)(C)CCCCC(=O)NCC(=O)NC(CCCNC(N)=O)C(C)=O. The van der Waals surface area contributed by atoms with Crippen LogP contribution in [0.15, 0.2) is 0 Å². The second-order valence-electron chi connectivity index (χ2n) is 8.84. The molecule has 0 aliphatic heterocycles. The Morgan fingerprint density at radius 3 is 2.12 bits per heavy atom. The molecule has 0 aromatic rings. The molecular formula is C23H42N4O6.